The quantitative estimate of drug-likeness (QED) is 0.844. The summed E-state index contributed by atoms with van der Waals surface area (Å²) in [5, 5.41) is 3.54. The Morgan fingerprint density at radius 1 is 1.36 bits per heavy atom. The minimum Gasteiger partial charge on any atom is -0.486 e. The first-order valence-electron chi connectivity index (χ1n) is 8.02. The highest BCUT2D eigenvalue weighted by atomic mass is 32.2. The highest BCUT2D eigenvalue weighted by Crippen LogP contribution is 2.34. The van der Waals surface area contributed by atoms with Crippen molar-refractivity contribution in [2.24, 2.45) is 0 Å². The van der Waals surface area contributed by atoms with Gasteiger partial charge in [0.25, 0.3) is 5.56 Å². The van der Waals surface area contributed by atoms with Gasteiger partial charge >= 0.3 is 0 Å². The average molecular weight is 359 g/mol. The summed E-state index contributed by atoms with van der Waals surface area (Å²) < 4.78 is 12.6. The number of benzene rings is 1. The summed E-state index contributed by atoms with van der Waals surface area (Å²) in [7, 11) is 0. The molecule has 7 nitrogen and oxygen atoms in total. The number of hydrogen-bond acceptors (Lipinski definition) is 6. The van der Waals surface area contributed by atoms with E-state index in [-0.39, 0.29) is 23.9 Å². The van der Waals surface area contributed by atoms with Crippen molar-refractivity contribution < 1.29 is 14.3 Å². The van der Waals surface area contributed by atoms with Gasteiger partial charge in [-0.3, -0.25) is 14.2 Å². The number of carbonyl (C=O) groups excluding carboxylic acids is 1. The minimum absolute atomic E-state index is 0.0767. The highest BCUT2D eigenvalue weighted by Gasteiger charge is 2.27. The van der Waals surface area contributed by atoms with Gasteiger partial charge < -0.3 is 14.8 Å². The Morgan fingerprint density at radius 2 is 2.16 bits per heavy atom. The van der Waals surface area contributed by atoms with Crippen LogP contribution in [0.1, 0.15) is 18.0 Å². The van der Waals surface area contributed by atoms with Crippen LogP contribution in [0.2, 0.25) is 0 Å². The molecule has 4 rings (SSSR count). The number of hydrogen-bond donors (Lipinski definition) is 1. The van der Waals surface area contributed by atoms with Crippen LogP contribution in [-0.2, 0) is 4.79 Å². The first-order chi connectivity index (χ1) is 12.1. The molecule has 3 heterocycles. The number of fused-ring (bicyclic) bond motifs is 2. The largest absolute Gasteiger partial charge is 0.486 e. The van der Waals surface area contributed by atoms with Gasteiger partial charge in [0.05, 0.1) is 6.04 Å². The molecule has 130 valence electrons. The maximum absolute atomic E-state index is 12.4. The predicted octanol–water partition coefficient (Wildman–Crippen LogP) is 2.00. The van der Waals surface area contributed by atoms with Crippen molar-refractivity contribution in [3.05, 3.63) is 40.3 Å². The monoisotopic (exact) mass is 359 g/mol. The van der Waals surface area contributed by atoms with E-state index in [0.29, 0.717) is 46.9 Å². The second kappa shape index (κ2) is 6.44. The fraction of sp³-hybridized carbons (Fsp3) is 0.353. The van der Waals surface area contributed by atoms with Crippen molar-refractivity contribution in [1.82, 2.24) is 9.55 Å². The summed E-state index contributed by atoms with van der Waals surface area (Å²) in [6, 6.07) is 5.13. The molecule has 1 N–H and O–H groups in total. The van der Waals surface area contributed by atoms with E-state index in [1.165, 1.54) is 11.8 Å². The number of ether oxygens (including phenoxy) is 2. The lowest BCUT2D eigenvalue weighted by Gasteiger charge is -2.19. The van der Waals surface area contributed by atoms with Crippen LogP contribution in [0.4, 0.5) is 5.69 Å². The lowest BCUT2D eigenvalue weighted by Crippen LogP contribution is -2.28. The molecule has 1 aromatic heterocycles. The molecule has 1 atom stereocenters. The number of aromatic nitrogens is 2. The second-order valence-electron chi connectivity index (χ2n) is 5.97. The van der Waals surface area contributed by atoms with Gasteiger partial charge in [-0.15, -0.1) is 0 Å². The number of rotatable bonds is 3. The van der Waals surface area contributed by atoms with Crippen molar-refractivity contribution in [3.8, 4) is 11.5 Å². The van der Waals surface area contributed by atoms with Gasteiger partial charge in [0.15, 0.2) is 16.7 Å². The Kier molecular flexibility index (Phi) is 4.12. The average Bonchev–Trinajstić information content (AvgIpc) is 3.01. The molecule has 0 bridgehead atoms. The van der Waals surface area contributed by atoms with Gasteiger partial charge in [0.2, 0.25) is 5.91 Å². The third-order valence-electron chi connectivity index (χ3n) is 4.15. The van der Waals surface area contributed by atoms with Gasteiger partial charge in [-0.25, -0.2) is 4.98 Å². The Balaban J connectivity index is 1.48. The van der Waals surface area contributed by atoms with E-state index >= 15 is 0 Å². The summed E-state index contributed by atoms with van der Waals surface area (Å²) >= 11 is 1.50. The van der Waals surface area contributed by atoms with E-state index in [1.54, 1.807) is 35.9 Å². The molecular weight excluding hydrogens is 342 g/mol. The SMILES string of the molecule is Cc1cnc2n(c1=O)[C@@H](CC(=O)Nc1ccc3c(c1)OCCO3)CS2. The topological polar surface area (TPSA) is 82.5 Å². The molecular formula is C17H17N3O4S. The predicted molar refractivity (Wildman–Crippen MR) is 93.7 cm³/mol. The Bertz CT molecular complexity index is 896. The first-order valence-corrected chi connectivity index (χ1v) is 9.01. The smallest absolute Gasteiger partial charge is 0.257 e. The molecule has 1 amide bonds. The van der Waals surface area contributed by atoms with Gasteiger partial charge in [-0.1, -0.05) is 11.8 Å². The number of carbonyl (C=O) groups is 1. The zero-order valence-corrected chi connectivity index (χ0v) is 14.5. The van der Waals surface area contributed by atoms with E-state index in [0.717, 1.165) is 0 Å². The number of nitrogens with one attached hydrogen (secondary N) is 1. The van der Waals surface area contributed by atoms with Gasteiger partial charge in [0.1, 0.15) is 13.2 Å². The van der Waals surface area contributed by atoms with Crippen LogP contribution < -0.4 is 20.3 Å². The lowest BCUT2D eigenvalue weighted by atomic mass is 10.2. The minimum atomic E-state index is -0.183. The van der Waals surface area contributed by atoms with Crippen LogP contribution >= 0.6 is 11.8 Å². The lowest BCUT2D eigenvalue weighted by molar-refractivity contribution is -0.116. The van der Waals surface area contributed by atoms with Crippen molar-refractivity contribution in [1.29, 1.82) is 0 Å². The Labute approximate surface area is 148 Å². The van der Waals surface area contributed by atoms with Gasteiger partial charge in [0, 0.05) is 35.7 Å². The molecule has 2 aliphatic rings. The van der Waals surface area contributed by atoms with E-state index in [1.807, 2.05) is 0 Å². The van der Waals surface area contributed by atoms with Crippen LogP contribution in [0.5, 0.6) is 11.5 Å². The summed E-state index contributed by atoms with van der Waals surface area (Å²) in [5.74, 6) is 1.82. The maximum Gasteiger partial charge on any atom is 0.257 e. The summed E-state index contributed by atoms with van der Waals surface area (Å²) in [4.78, 5) is 29.0. The van der Waals surface area contributed by atoms with Crippen LogP contribution in [0, 0.1) is 6.92 Å². The highest BCUT2D eigenvalue weighted by molar-refractivity contribution is 7.99. The number of thioether (sulfide) groups is 1. The van der Waals surface area contributed by atoms with Crippen molar-refractivity contribution in [2.75, 3.05) is 24.3 Å². The summed E-state index contributed by atoms with van der Waals surface area (Å²) in [5.41, 5.74) is 1.16. The van der Waals surface area contributed by atoms with E-state index in [9.17, 15) is 9.59 Å². The van der Waals surface area contributed by atoms with Crippen LogP contribution in [0.25, 0.3) is 0 Å². The zero-order valence-electron chi connectivity index (χ0n) is 13.7. The number of anilines is 1. The van der Waals surface area contributed by atoms with E-state index in [4.69, 9.17) is 9.47 Å². The van der Waals surface area contributed by atoms with Crippen LogP contribution in [0.3, 0.4) is 0 Å². The van der Waals surface area contributed by atoms with Crippen molar-refractivity contribution >= 4 is 23.4 Å². The normalized spacial score (nSPS) is 17.9. The van der Waals surface area contributed by atoms with E-state index in [2.05, 4.69) is 10.3 Å². The Hall–Kier alpha value is -2.48. The molecule has 2 aliphatic heterocycles. The molecule has 0 saturated carbocycles. The molecule has 0 saturated heterocycles. The summed E-state index contributed by atoms with van der Waals surface area (Å²) in [6.07, 6.45) is 1.80. The molecule has 8 heteroatoms. The number of aryl methyl sites for hydroxylation is 1. The first kappa shape index (κ1) is 16.0. The molecule has 1 aromatic carbocycles. The standard InChI is InChI=1S/C17H17N3O4S/c1-10-8-18-17-20(16(10)22)12(9-25-17)7-15(21)19-11-2-3-13-14(6-11)24-5-4-23-13/h2-3,6,8,12H,4-5,7,9H2,1H3,(H,19,21)/t12-/m0/s1. The molecule has 25 heavy (non-hydrogen) atoms. The molecule has 0 aliphatic carbocycles. The fourth-order valence-corrected chi connectivity index (χ4v) is 4.02. The van der Waals surface area contributed by atoms with Crippen LogP contribution in [0.15, 0.2) is 34.3 Å². The molecule has 2 aromatic rings. The van der Waals surface area contributed by atoms with Gasteiger partial charge in [-0.05, 0) is 19.1 Å². The molecule has 0 spiro atoms. The third-order valence-corrected chi connectivity index (χ3v) is 5.26. The number of amides is 1. The molecule has 0 fully saturated rings. The molecule has 0 radical (unpaired) electrons. The van der Waals surface area contributed by atoms with E-state index < -0.39 is 0 Å². The second-order valence-corrected chi connectivity index (χ2v) is 6.96. The number of nitrogens with zero attached hydrogens (tertiary/aromatic N) is 2. The van der Waals surface area contributed by atoms with Crippen molar-refractivity contribution in [3.63, 3.8) is 0 Å². The zero-order chi connectivity index (χ0) is 17.4. The fourth-order valence-electron chi connectivity index (χ4n) is 2.92. The van der Waals surface area contributed by atoms with Gasteiger partial charge in [-0.2, -0.15) is 0 Å². The summed E-state index contributed by atoms with van der Waals surface area (Å²) in [6.45, 7) is 2.76. The van der Waals surface area contributed by atoms with Crippen molar-refractivity contribution in [2.45, 2.75) is 24.5 Å². The Morgan fingerprint density at radius 3 is 3.00 bits per heavy atom. The maximum atomic E-state index is 12.4. The molecule has 0 unspecified atom stereocenters. The third kappa shape index (κ3) is 3.09. The van der Waals surface area contributed by atoms with Crippen LogP contribution in [-0.4, -0.2) is 34.4 Å².